The lowest BCUT2D eigenvalue weighted by Gasteiger charge is -2.04. The summed E-state index contributed by atoms with van der Waals surface area (Å²) >= 11 is 1.57. The highest BCUT2D eigenvalue weighted by molar-refractivity contribution is 8.02. The average Bonchev–Trinajstić information content (AvgIpc) is 2.87. The summed E-state index contributed by atoms with van der Waals surface area (Å²) in [6, 6.07) is 9.53. The summed E-state index contributed by atoms with van der Waals surface area (Å²) in [6.45, 7) is 8.19. The maximum atomic E-state index is 11.9. The first-order chi connectivity index (χ1) is 9.63. The van der Waals surface area contributed by atoms with E-state index in [-0.39, 0.29) is 12.6 Å². The molecule has 0 aromatic heterocycles. The van der Waals surface area contributed by atoms with Crippen molar-refractivity contribution in [2.24, 2.45) is 0 Å². The van der Waals surface area contributed by atoms with E-state index in [2.05, 4.69) is 13.2 Å². The van der Waals surface area contributed by atoms with Gasteiger partial charge >= 0.3 is 5.97 Å². The van der Waals surface area contributed by atoms with Crippen LogP contribution in [0.15, 0.2) is 71.7 Å². The third-order valence-corrected chi connectivity index (χ3v) is 3.70. The molecule has 1 heterocycles. The lowest BCUT2D eigenvalue weighted by Crippen LogP contribution is -1.98. The molecule has 1 aromatic rings. The lowest BCUT2D eigenvalue weighted by molar-refractivity contribution is -0.134. The van der Waals surface area contributed by atoms with Crippen molar-refractivity contribution in [1.29, 1.82) is 0 Å². The summed E-state index contributed by atoms with van der Waals surface area (Å²) < 4.78 is 5.15. The van der Waals surface area contributed by atoms with Gasteiger partial charge in [-0.25, -0.2) is 4.79 Å². The monoisotopic (exact) mass is 284 g/mol. The van der Waals surface area contributed by atoms with E-state index in [0.717, 1.165) is 21.6 Å². The normalized spacial score (nSPS) is 14.8. The number of thioether (sulfide) groups is 1. The molecule has 102 valence electrons. The lowest BCUT2D eigenvalue weighted by atomic mass is 9.97. The van der Waals surface area contributed by atoms with Crippen LogP contribution in [0.5, 0.6) is 0 Å². The van der Waals surface area contributed by atoms with Gasteiger partial charge in [-0.1, -0.05) is 49.6 Å². The Morgan fingerprint density at radius 3 is 2.60 bits per heavy atom. The summed E-state index contributed by atoms with van der Waals surface area (Å²) in [5, 5.41) is 0. The van der Waals surface area contributed by atoms with Gasteiger partial charge < -0.3 is 4.74 Å². The summed E-state index contributed by atoms with van der Waals surface area (Å²) in [5.74, 6) is -0.288. The van der Waals surface area contributed by atoms with Crippen LogP contribution in [-0.2, 0) is 9.53 Å². The molecule has 0 fully saturated rings. The molecule has 0 amide bonds. The van der Waals surface area contributed by atoms with Gasteiger partial charge in [0.05, 0.1) is 5.57 Å². The number of hydrogen-bond acceptors (Lipinski definition) is 3. The molecule has 2 rings (SSSR count). The topological polar surface area (TPSA) is 26.3 Å². The zero-order valence-corrected chi connectivity index (χ0v) is 12.2. The number of esters is 1. The standard InChI is InChI=1S/C17H16O2S/c1-12(9-10-13(2)20-3)15-11-19-17(18)16(15)14-7-5-4-6-8-14/h4-10H,1-2,11H2,3H3/b10-9-. The molecule has 20 heavy (non-hydrogen) atoms. The van der Waals surface area contributed by atoms with Crippen molar-refractivity contribution in [1.82, 2.24) is 0 Å². The van der Waals surface area contributed by atoms with Crippen molar-refractivity contribution in [2.75, 3.05) is 12.9 Å². The first kappa shape index (κ1) is 14.4. The molecule has 0 aliphatic carbocycles. The molecule has 1 aromatic carbocycles. The largest absolute Gasteiger partial charge is 0.457 e. The minimum atomic E-state index is -0.288. The van der Waals surface area contributed by atoms with Crippen LogP contribution >= 0.6 is 11.8 Å². The van der Waals surface area contributed by atoms with E-state index >= 15 is 0 Å². The van der Waals surface area contributed by atoms with Crippen LogP contribution in [0.3, 0.4) is 0 Å². The molecule has 0 radical (unpaired) electrons. The number of benzene rings is 1. The number of allylic oxidation sites excluding steroid dienone is 2. The van der Waals surface area contributed by atoms with E-state index in [1.165, 1.54) is 0 Å². The van der Waals surface area contributed by atoms with Crippen molar-refractivity contribution in [3.63, 3.8) is 0 Å². The number of carbonyl (C=O) groups excluding carboxylic acids is 1. The van der Waals surface area contributed by atoms with E-state index < -0.39 is 0 Å². The number of ether oxygens (including phenoxy) is 1. The van der Waals surface area contributed by atoms with Crippen LogP contribution in [0, 0.1) is 0 Å². The Balaban J connectivity index is 2.35. The predicted octanol–water partition coefficient (Wildman–Crippen LogP) is 3.99. The van der Waals surface area contributed by atoms with Crippen molar-refractivity contribution in [3.05, 3.63) is 77.3 Å². The first-order valence-corrected chi connectivity index (χ1v) is 7.42. The quantitative estimate of drug-likeness (QED) is 0.604. The molecular weight excluding hydrogens is 268 g/mol. The van der Waals surface area contributed by atoms with Gasteiger partial charge in [-0.05, 0) is 28.4 Å². The molecule has 0 unspecified atom stereocenters. The van der Waals surface area contributed by atoms with Crippen molar-refractivity contribution in [2.45, 2.75) is 0 Å². The van der Waals surface area contributed by atoms with E-state index in [1.807, 2.05) is 48.7 Å². The second-order valence-corrected chi connectivity index (χ2v) is 5.26. The average molecular weight is 284 g/mol. The Morgan fingerprint density at radius 1 is 1.25 bits per heavy atom. The Bertz CT molecular complexity index is 609. The van der Waals surface area contributed by atoms with Crippen LogP contribution < -0.4 is 0 Å². The van der Waals surface area contributed by atoms with Gasteiger partial charge in [0.2, 0.25) is 0 Å². The van der Waals surface area contributed by atoms with Crippen LogP contribution in [0.2, 0.25) is 0 Å². The zero-order chi connectivity index (χ0) is 14.5. The van der Waals surface area contributed by atoms with Crippen LogP contribution in [0.4, 0.5) is 0 Å². The van der Waals surface area contributed by atoms with Gasteiger partial charge in [-0.15, -0.1) is 11.8 Å². The number of hydrogen-bond donors (Lipinski definition) is 0. The number of rotatable bonds is 5. The Kier molecular flexibility index (Phi) is 4.64. The van der Waals surface area contributed by atoms with Crippen molar-refractivity contribution in [3.8, 4) is 0 Å². The van der Waals surface area contributed by atoms with Gasteiger partial charge in [0.1, 0.15) is 6.61 Å². The van der Waals surface area contributed by atoms with E-state index in [1.54, 1.807) is 11.8 Å². The molecule has 1 aliphatic rings. The number of carbonyl (C=O) groups is 1. The number of cyclic esters (lactones) is 1. The summed E-state index contributed by atoms with van der Waals surface area (Å²) in [7, 11) is 0. The first-order valence-electron chi connectivity index (χ1n) is 6.19. The highest BCUT2D eigenvalue weighted by Crippen LogP contribution is 2.30. The molecule has 0 bridgehead atoms. The fourth-order valence-electron chi connectivity index (χ4n) is 1.92. The molecule has 3 heteroatoms. The third-order valence-electron chi connectivity index (χ3n) is 3.04. The van der Waals surface area contributed by atoms with Gasteiger partial charge in [-0.2, -0.15) is 0 Å². The Morgan fingerprint density at radius 2 is 1.95 bits per heavy atom. The van der Waals surface area contributed by atoms with Gasteiger partial charge in [0, 0.05) is 5.57 Å². The molecule has 2 nitrogen and oxygen atoms in total. The van der Waals surface area contributed by atoms with E-state index in [4.69, 9.17) is 4.74 Å². The molecule has 0 N–H and O–H groups in total. The molecule has 0 atom stereocenters. The SMILES string of the molecule is C=C(/C=C\C(=C)C1=C(c2ccccc2)C(=O)OC1)SC. The second kappa shape index (κ2) is 6.44. The highest BCUT2D eigenvalue weighted by Gasteiger charge is 2.26. The summed E-state index contributed by atoms with van der Waals surface area (Å²) in [6.07, 6.45) is 5.73. The molecule has 0 spiro atoms. The summed E-state index contributed by atoms with van der Waals surface area (Å²) in [5.41, 5.74) is 3.09. The van der Waals surface area contributed by atoms with Gasteiger partial charge in [-0.3, -0.25) is 0 Å². The molecule has 0 saturated heterocycles. The maximum Gasteiger partial charge on any atom is 0.339 e. The van der Waals surface area contributed by atoms with Crippen molar-refractivity contribution >= 4 is 23.3 Å². The molecular formula is C17H16O2S. The van der Waals surface area contributed by atoms with Crippen molar-refractivity contribution < 1.29 is 9.53 Å². The van der Waals surface area contributed by atoms with E-state index in [0.29, 0.717) is 5.57 Å². The van der Waals surface area contributed by atoms with Gasteiger partial charge in [0.15, 0.2) is 0 Å². The Labute approximate surface area is 123 Å². The fourth-order valence-corrected chi connectivity index (χ4v) is 2.12. The Hall–Kier alpha value is -2.00. The zero-order valence-electron chi connectivity index (χ0n) is 11.4. The third kappa shape index (κ3) is 3.11. The fraction of sp³-hybridized carbons (Fsp3) is 0.118. The maximum absolute atomic E-state index is 11.9. The minimum absolute atomic E-state index is 0.276. The van der Waals surface area contributed by atoms with Crippen LogP contribution in [0.25, 0.3) is 5.57 Å². The van der Waals surface area contributed by atoms with Crippen LogP contribution in [0.1, 0.15) is 5.56 Å². The predicted molar refractivity (Wildman–Crippen MR) is 85.3 cm³/mol. The molecule has 0 saturated carbocycles. The van der Waals surface area contributed by atoms with Crippen LogP contribution in [-0.4, -0.2) is 18.8 Å². The van der Waals surface area contributed by atoms with Gasteiger partial charge in [0.25, 0.3) is 0 Å². The second-order valence-electron chi connectivity index (χ2n) is 4.32. The smallest absolute Gasteiger partial charge is 0.339 e. The highest BCUT2D eigenvalue weighted by atomic mass is 32.2. The minimum Gasteiger partial charge on any atom is -0.457 e. The summed E-state index contributed by atoms with van der Waals surface area (Å²) in [4.78, 5) is 12.9. The van der Waals surface area contributed by atoms with E-state index in [9.17, 15) is 4.79 Å². The molecule has 1 aliphatic heterocycles.